The summed E-state index contributed by atoms with van der Waals surface area (Å²) in [5.74, 6) is 4.46. The van der Waals surface area contributed by atoms with Crippen molar-refractivity contribution in [2.24, 2.45) is 23.7 Å². The zero-order valence-electron chi connectivity index (χ0n) is 24.9. The lowest BCUT2D eigenvalue weighted by molar-refractivity contribution is -0.0504. The molecular formula is C38H38N4P2. The SMILES string of the molecule is PCC1(c2cc(-c3ccccc3)c(-c3ccccc3)cc2C(P)(c2ncccn2)c2ncccn2)C2CC3CC(C2)CC1C3. The fourth-order valence-electron chi connectivity index (χ4n) is 9.28. The van der Waals surface area contributed by atoms with Gasteiger partial charge in [-0.25, -0.2) is 19.9 Å². The summed E-state index contributed by atoms with van der Waals surface area (Å²) in [5.41, 5.74) is 7.58. The van der Waals surface area contributed by atoms with Crippen LogP contribution in [0.1, 0.15) is 54.9 Å². The molecule has 0 radical (unpaired) electrons. The van der Waals surface area contributed by atoms with E-state index in [4.69, 9.17) is 19.9 Å². The van der Waals surface area contributed by atoms with Crippen molar-refractivity contribution >= 4 is 18.5 Å². The summed E-state index contributed by atoms with van der Waals surface area (Å²) in [4.78, 5) is 19.6. The summed E-state index contributed by atoms with van der Waals surface area (Å²) in [6.45, 7) is 0. The highest BCUT2D eigenvalue weighted by Gasteiger charge is 2.58. The Bertz CT molecular complexity index is 1700. The Balaban J connectivity index is 1.49. The first-order valence-electron chi connectivity index (χ1n) is 15.9. The molecule has 2 heterocycles. The average Bonchev–Trinajstić information content (AvgIpc) is 3.09. The highest BCUT2D eigenvalue weighted by atomic mass is 31.0. The second kappa shape index (κ2) is 11.2. The van der Waals surface area contributed by atoms with Gasteiger partial charge in [-0.1, -0.05) is 60.7 Å². The molecule has 4 bridgehead atoms. The molecule has 4 saturated carbocycles. The first kappa shape index (κ1) is 28.2. The van der Waals surface area contributed by atoms with E-state index in [-0.39, 0.29) is 5.41 Å². The van der Waals surface area contributed by atoms with Gasteiger partial charge in [0.05, 0.1) is 0 Å². The molecule has 4 aliphatic carbocycles. The van der Waals surface area contributed by atoms with Crippen LogP contribution < -0.4 is 0 Å². The van der Waals surface area contributed by atoms with Gasteiger partial charge in [0.25, 0.3) is 0 Å². The highest BCUT2D eigenvalue weighted by Crippen LogP contribution is 2.65. The van der Waals surface area contributed by atoms with Crippen LogP contribution in [0.25, 0.3) is 22.3 Å². The fourth-order valence-corrected chi connectivity index (χ4v) is 10.7. The number of hydrogen-bond donors (Lipinski definition) is 0. The maximum Gasteiger partial charge on any atom is 0.150 e. The average molecular weight is 613 g/mol. The van der Waals surface area contributed by atoms with Crippen LogP contribution in [0.5, 0.6) is 0 Å². The number of benzene rings is 3. The minimum Gasteiger partial charge on any atom is -0.240 e. The van der Waals surface area contributed by atoms with Crippen LogP contribution in [0.15, 0.2) is 110 Å². The Labute approximate surface area is 265 Å². The van der Waals surface area contributed by atoms with Gasteiger partial charge in [-0.2, -0.15) is 0 Å². The quantitative estimate of drug-likeness (QED) is 0.174. The van der Waals surface area contributed by atoms with Gasteiger partial charge < -0.3 is 0 Å². The zero-order chi connectivity index (χ0) is 29.7. The molecule has 2 atom stereocenters. The van der Waals surface area contributed by atoms with Crippen LogP contribution in [0.3, 0.4) is 0 Å². The molecule has 2 unspecified atom stereocenters. The lowest BCUT2D eigenvalue weighted by atomic mass is 9.43. The van der Waals surface area contributed by atoms with E-state index >= 15 is 0 Å². The van der Waals surface area contributed by atoms with Crippen molar-refractivity contribution in [1.29, 1.82) is 0 Å². The molecule has 6 heteroatoms. The Morgan fingerprint density at radius 3 is 1.52 bits per heavy atom. The molecule has 9 rings (SSSR count). The summed E-state index contributed by atoms with van der Waals surface area (Å²) in [7, 11) is 6.38. The van der Waals surface area contributed by atoms with Crippen LogP contribution in [-0.2, 0) is 10.6 Å². The molecule has 4 nitrogen and oxygen atoms in total. The molecule has 4 fully saturated rings. The fraction of sp³-hybridized carbons (Fsp3) is 0.316. The summed E-state index contributed by atoms with van der Waals surface area (Å²) in [6.07, 6.45) is 15.2. The maximum absolute atomic E-state index is 4.90. The smallest absolute Gasteiger partial charge is 0.150 e. The molecule has 5 aromatic rings. The van der Waals surface area contributed by atoms with Crippen molar-refractivity contribution in [3.8, 4) is 22.3 Å². The zero-order valence-corrected chi connectivity index (χ0v) is 27.2. The molecule has 3 aromatic carbocycles. The Morgan fingerprint density at radius 2 is 1.07 bits per heavy atom. The van der Waals surface area contributed by atoms with Gasteiger partial charge in [0.15, 0.2) is 0 Å². The Hall–Kier alpha value is -3.32. The molecule has 0 amide bonds. The first-order valence-corrected chi connectivity index (χ1v) is 17.3. The Morgan fingerprint density at radius 1 is 0.614 bits per heavy atom. The van der Waals surface area contributed by atoms with Gasteiger partial charge in [0.2, 0.25) is 0 Å². The lowest BCUT2D eigenvalue weighted by Crippen LogP contribution is -2.57. The van der Waals surface area contributed by atoms with E-state index < -0.39 is 5.16 Å². The molecule has 0 N–H and O–H groups in total. The second-order valence-electron chi connectivity index (χ2n) is 13.2. The third kappa shape index (κ3) is 4.40. The van der Waals surface area contributed by atoms with Gasteiger partial charge in [-0.15, -0.1) is 18.5 Å². The molecular weight excluding hydrogens is 574 g/mol. The van der Waals surface area contributed by atoms with E-state index in [2.05, 4.69) is 91.3 Å². The van der Waals surface area contributed by atoms with Gasteiger partial charge >= 0.3 is 0 Å². The largest absolute Gasteiger partial charge is 0.240 e. The van der Waals surface area contributed by atoms with Crippen molar-refractivity contribution in [1.82, 2.24) is 19.9 Å². The van der Waals surface area contributed by atoms with E-state index in [1.165, 1.54) is 65.5 Å². The van der Waals surface area contributed by atoms with E-state index in [0.717, 1.165) is 18.0 Å². The van der Waals surface area contributed by atoms with Crippen LogP contribution in [0, 0.1) is 23.7 Å². The molecule has 2 aromatic heterocycles. The summed E-state index contributed by atoms with van der Waals surface area (Å²) < 4.78 is 0. The maximum atomic E-state index is 4.90. The second-order valence-corrected chi connectivity index (χ2v) is 14.5. The third-order valence-corrected chi connectivity index (χ3v) is 12.5. The normalized spacial score (nSPS) is 25.7. The van der Waals surface area contributed by atoms with Crippen LogP contribution in [-0.4, -0.2) is 26.1 Å². The van der Waals surface area contributed by atoms with Gasteiger partial charge in [0.1, 0.15) is 16.8 Å². The van der Waals surface area contributed by atoms with E-state index in [9.17, 15) is 0 Å². The monoisotopic (exact) mass is 612 g/mol. The minimum absolute atomic E-state index is 0.0392. The van der Waals surface area contributed by atoms with Crippen LogP contribution >= 0.6 is 18.5 Å². The number of rotatable bonds is 7. The first-order chi connectivity index (χ1) is 21.6. The molecule has 0 spiro atoms. The van der Waals surface area contributed by atoms with E-state index in [1.807, 2.05) is 36.9 Å². The number of aromatic nitrogens is 4. The van der Waals surface area contributed by atoms with E-state index in [1.54, 1.807) is 0 Å². The molecule has 220 valence electrons. The lowest BCUT2D eigenvalue weighted by Gasteiger charge is -2.62. The molecule has 0 saturated heterocycles. The standard InChI is InChI=1S/C38H38N4P2/c43-24-37(29-18-25-17-26(20-29)21-30(37)19-25)33-22-31(27-9-3-1-4-10-27)32(28-11-5-2-6-12-28)23-34(33)38(44,35-39-13-7-14-40-35)36-41-15-8-16-42-36/h1-16,22-23,25-26,29-30H,17-21,24,43-44H2. The minimum atomic E-state index is -0.835. The Kier molecular flexibility index (Phi) is 7.20. The molecule has 44 heavy (non-hydrogen) atoms. The number of hydrogen-bond acceptors (Lipinski definition) is 4. The predicted molar refractivity (Wildman–Crippen MR) is 184 cm³/mol. The molecule has 0 aliphatic heterocycles. The summed E-state index contributed by atoms with van der Waals surface area (Å²) in [6, 6.07) is 30.5. The van der Waals surface area contributed by atoms with E-state index in [0.29, 0.717) is 23.5 Å². The highest BCUT2D eigenvalue weighted by molar-refractivity contribution is 7.19. The summed E-state index contributed by atoms with van der Waals surface area (Å²) in [5, 5.41) is -0.835. The van der Waals surface area contributed by atoms with Gasteiger partial charge in [-0.05, 0) is 120 Å². The predicted octanol–water partition coefficient (Wildman–Crippen LogP) is 8.34. The topological polar surface area (TPSA) is 51.6 Å². The van der Waals surface area contributed by atoms with Gasteiger partial charge in [-0.3, -0.25) is 0 Å². The van der Waals surface area contributed by atoms with Gasteiger partial charge in [0, 0.05) is 30.2 Å². The number of nitrogens with zero attached hydrogens (tertiary/aromatic N) is 4. The molecule has 4 aliphatic rings. The van der Waals surface area contributed by atoms with Crippen molar-refractivity contribution in [2.75, 3.05) is 6.16 Å². The van der Waals surface area contributed by atoms with Crippen LogP contribution in [0.4, 0.5) is 0 Å². The third-order valence-electron chi connectivity index (χ3n) is 11.0. The van der Waals surface area contributed by atoms with Crippen molar-refractivity contribution < 1.29 is 0 Å². The van der Waals surface area contributed by atoms with Crippen molar-refractivity contribution in [3.05, 3.63) is 132 Å². The van der Waals surface area contributed by atoms with Crippen LogP contribution in [0.2, 0.25) is 0 Å². The van der Waals surface area contributed by atoms with Crippen molar-refractivity contribution in [3.63, 3.8) is 0 Å². The summed E-state index contributed by atoms with van der Waals surface area (Å²) >= 11 is 0. The van der Waals surface area contributed by atoms with Crippen molar-refractivity contribution in [2.45, 2.75) is 42.7 Å².